The van der Waals surface area contributed by atoms with Crippen molar-refractivity contribution in [2.24, 2.45) is 0 Å². The number of H-pyrrole nitrogens is 1. The highest BCUT2D eigenvalue weighted by molar-refractivity contribution is 7.99. The zero-order valence-corrected chi connectivity index (χ0v) is 9.24. The highest BCUT2D eigenvalue weighted by atomic mass is 32.2. The number of aromatic amines is 1. The Bertz CT molecular complexity index is 604. The maximum absolute atomic E-state index is 4.29. The quantitative estimate of drug-likeness (QED) is 0.731. The van der Waals surface area contributed by atoms with Gasteiger partial charge in [0.25, 0.3) is 0 Å². The zero-order chi connectivity index (χ0) is 10.8. The molecular weight excluding hydrogens is 218 g/mol. The minimum atomic E-state index is 0.958. The van der Waals surface area contributed by atoms with Crippen molar-refractivity contribution in [1.29, 1.82) is 0 Å². The summed E-state index contributed by atoms with van der Waals surface area (Å²) in [6, 6.07) is 14.0. The van der Waals surface area contributed by atoms with Crippen molar-refractivity contribution in [3.8, 4) is 0 Å². The molecule has 78 valence electrons. The van der Waals surface area contributed by atoms with E-state index < -0.39 is 0 Å². The second-order valence-electron chi connectivity index (χ2n) is 3.34. The fourth-order valence-corrected chi connectivity index (χ4v) is 2.36. The van der Waals surface area contributed by atoms with Crippen molar-refractivity contribution in [3.63, 3.8) is 0 Å². The largest absolute Gasteiger partial charge is 0.277 e. The first-order chi connectivity index (χ1) is 7.93. The topological polar surface area (TPSA) is 41.6 Å². The van der Waals surface area contributed by atoms with E-state index in [1.54, 1.807) is 18.0 Å². The number of benzene rings is 1. The third-order valence-electron chi connectivity index (χ3n) is 2.27. The number of fused-ring (bicyclic) bond motifs is 1. The summed E-state index contributed by atoms with van der Waals surface area (Å²) in [6.07, 6.45) is 1.79. The Hall–Kier alpha value is -1.81. The Labute approximate surface area is 96.9 Å². The highest BCUT2D eigenvalue weighted by Gasteiger charge is 2.06. The summed E-state index contributed by atoms with van der Waals surface area (Å²) in [5.74, 6) is 0. The lowest BCUT2D eigenvalue weighted by Crippen LogP contribution is -1.78. The SMILES string of the molecule is c1ccc(Sc2n[nH]c3ccccc23)nc1. The number of nitrogens with zero attached hydrogens (tertiary/aromatic N) is 2. The van der Waals surface area contributed by atoms with Crippen molar-refractivity contribution in [1.82, 2.24) is 15.2 Å². The van der Waals surface area contributed by atoms with Crippen molar-refractivity contribution < 1.29 is 0 Å². The Morgan fingerprint density at radius 1 is 1.00 bits per heavy atom. The van der Waals surface area contributed by atoms with Gasteiger partial charge in [-0.25, -0.2) is 4.98 Å². The van der Waals surface area contributed by atoms with Crippen LogP contribution in [0.1, 0.15) is 0 Å². The first kappa shape index (κ1) is 9.42. The lowest BCUT2D eigenvalue weighted by Gasteiger charge is -1.96. The number of nitrogens with one attached hydrogen (secondary N) is 1. The van der Waals surface area contributed by atoms with E-state index in [0.717, 1.165) is 21.0 Å². The molecule has 0 bridgehead atoms. The third-order valence-corrected chi connectivity index (χ3v) is 3.23. The van der Waals surface area contributed by atoms with Gasteiger partial charge in [-0.1, -0.05) is 24.3 Å². The molecule has 0 amide bonds. The third kappa shape index (κ3) is 1.67. The molecule has 0 aliphatic heterocycles. The van der Waals surface area contributed by atoms with Crippen LogP contribution in [-0.2, 0) is 0 Å². The van der Waals surface area contributed by atoms with E-state index in [4.69, 9.17) is 0 Å². The smallest absolute Gasteiger partial charge is 0.132 e. The Morgan fingerprint density at radius 2 is 1.88 bits per heavy atom. The normalized spacial score (nSPS) is 10.8. The van der Waals surface area contributed by atoms with Gasteiger partial charge in [-0.2, -0.15) is 5.10 Å². The van der Waals surface area contributed by atoms with Gasteiger partial charge in [0.05, 0.1) is 5.52 Å². The number of pyridine rings is 1. The summed E-state index contributed by atoms with van der Waals surface area (Å²) in [7, 11) is 0. The molecule has 4 heteroatoms. The van der Waals surface area contributed by atoms with Gasteiger partial charge in [0.1, 0.15) is 10.1 Å². The van der Waals surface area contributed by atoms with E-state index in [-0.39, 0.29) is 0 Å². The fraction of sp³-hybridized carbons (Fsp3) is 0. The Morgan fingerprint density at radius 3 is 2.75 bits per heavy atom. The molecule has 0 unspecified atom stereocenters. The summed E-state index contributed by atoms with van der Waals surface area (Å²) < 4.78 is 0. The molecule has 0 atom stereocenters. The lowest BCUT2D eigenvalue weighted by molar-refractivity contribution is 1.02. The predicted octanol–water partition coefficient (Wildman–Crippen LogP) is 3.11. The average Bonchev–Trinajstić information content (AvgIpc) is 2.74. The van der Waals surface area contributed by atoms with Gasteiger partial charge in [-0.05, 0) is 30.0 Å². The van der Waals surface area contributed by atoms with E-state index in [1.165, 1.54) is 0 Å². The van der Waals surface area contributed by atoms with Gasteiger partial charge in [0, 0.05) is 11.6 Å². The van der Waals surface area contributed by atoms with Crippen LogP contribution in [0.25, 0.3) is 10.9 Å². The Kier molecular flexibility index (Phi) is 2.34. The fourth-order valence-electron chi connectivity index (χ4n) is 1.52. The molecule has 1 aromatic carbocycles. The van der Waals surface area contributed by atoms with Crippen LogP contribution >= 0.6 is 11.8 Å². The molecule has 3 aromatic rings. The number of para-hydroxylation sites is 1. The van der Waals surface area contributed by atoms with Crippen LogP contribution in [0.5, 0.6) is 0 Å². The van der Waals surface area contributed by atoms with E-state index >= 15 is 0 Å². The van der Waals surface area contributed by atoms with Crippen LogP contribution in [0, 0.1) is 0 Å². The highest BCUT2D eigenvalue weighted by Crippen LogP contribution is 2.29. The number of hydrogen-bond donors (Lipinski definition) is 1. The van der Waals surface area contributed by atoms with Crippen molar-refractivity contribution in [2.75, 3.05) is 0 Å². The van der Waals surface area contributed by atoms with Gasteiger partial charge >= 0.3 is 0 Å². The molecule has 16 heavy (non-hydrogen) atoms. The molecule has 0 radical (unpaired) electrons. The number of aromatic nitrogens is 3. The molecule has 2 heterocycles. The van der Waals surface area contributed by atoms with E-state index in [0.29, 0.717) is 0 Å². The van der Waals surface area contributed by atoms with Gasteiger partial charge in [-0.15, -0.1) is 0 Å². The number of rotatable bonds is 2. The first-order valence-electron chi connectivity index (χ1n) is 4.95. The second-order valence-corrected chi connectivity index (χ2v) is 4.35. The first-order valence-corrected chi connectivity index (χ1v) is 5.77. The predicted molar refractivity (Wildman–Crippen MR) is 64.5 cm³/mol. The summed E-state index contributed by atoms with van der Waals surface area (Å²) in [5.41, 5.74) is 1.06. The van der Waals surface area contributed by atoms with E-state index in [1.807, 2.05) is 36.4 Å². The maximum atomic E-state index is 4.29. The summed E-state index contributed by atoms with van der Waals surface area (Å²) in [4.78, 5) is 4.27. The van der Waals surface area contributed by atoms with Crippen LogP contribution in [0.4, 0.5) is 0 Å². The van der Waals surface area contributed by atoms with E-state index in [2.05, 4.69) is 21.2 Å². The van der Waals surface area contributed by atoms with Gasteiger partial charge in [0.15, 0.2) is 0 Å². The van der Waals surface area contributed by atoms with Crippen molar-refractivity contribution >= 4 is 22.7 Å². The molecule has 0 saturated carbocycles. The van der Waals surface area contributed by atoms with E-state index in [9.17, 15) is 0 Å². The van der Waals surface area contributed by atoms with Gasteiger partial charge in [0.2, 0.25) is 0 Å². The standard InChI is InChI=1S/C12H9N3S/c1-2-6-10-9(5-1)12(15-14-10)16-11-7-3-4-8-13-11/h1-8H,(H,14,15). The van der Waals surface area contributed by atoms with Crippen molar-refractivity contribution in [3.05, 3.63) is 48.7 Å². The zero-order valence-electron chi connectivity index (χ0n) is 8.42. The van der Waals surface area contributed by atoms with Gasteiger partial charge in [-0.3, -0.25) is 5.10 Å². The van der Waals surface area contributed by atoms with Crippen LogP contribution in [0.2, 0.25) is 0 Å². The molecule has 0 saturated heterocycles. The molecule has 3 nitrogen and oxygen atoms in total. The molecule has 2 aromatic heterocycles. The van der Waals surface area contributed by atoms with Crippen molar-refractivity contribution in [2.45, 2.75) is 10.1 Å². The summed E-state index contributed by atoms with van der Waals surface area (Å²) in [5, 5.41) is 10.4. The molecule has 0 fully saturated rings. The minimum Gasteiger partial charge on any atom is -0.277 e. The molecule has 0 aliphatic rings. The summed E-state index contributed by atoms with van der Waals surface area (Å²) >= 11 is 1.57. The maximum Gasteiger partial charge on any atom is 0.132 e. The second kappa shape index (κ2) is 3.98. The van der Waals surface area contributed by atoms with Crippen LogP contribution in [0.15, 0.2) is 58.7 Å². The van der Waals surface area contributed by atoms with Crippen LogP contribution < -0.4 is 0 Å². The van der Waals surface area contributed by atoms with Gasteiger partial charge < -0.3 is 0 Å². The molecule has 1 N–H and O–H groups in total. The lowest BCUT2D eigenvalue weighted by atomic mass is 10.3. The molecule has 0 aliphatic carbocycles. The van der Waals surface area contributed by atoms with Crippen LogP contribution in [0.3, 0.4) is 0 Å². The number of hydrogen-bond acceptors (Lipinski definition) is 3. The Balaban J connectivity index is 2.01. The van der Waals surface area contributed by atoms with Crippen LogP contribution in [-0.4, -0.2) is 15.2 Å². The minimum absolute atomic E-state index is 0.958. The molecule has 3 rings (SSSR count). The molecular formula is C12H9N3S. The summed E-state index contributed by atoms with van der Waals surface area (Å²) in [6.45, 7) is 0. The molecule has 0 spiro atoms. The monoisotopic (exact) mass is 227 g/mol. The average molecular weight is 227 g/mol.